The summed E-state index contributed by atoms with van der Waals surface area (Å²) in [5.41, 5.74) is 0. The van der Waals surface area contributed by atoms with Crippen LogP contribution < -0.4 is 10.2 Å². The molecule has 0 rings (SSSR count). The summed E-state index contributed by atoms with van der Waals surface area (Å²) < 4.78 is 23.2. The lowest BCUT2D eigenvalue weighted by atomic mass is 10.0. The van der Waals surface area contributed by atoms with E-state index in [1.54, 1.807) is 0 Å². The molecule has 3 atom stereocenters. The molecular formula is C47H91N2O6P. The van der Waals surface area contributed by atoms with Gasteiger partial charge in [0.2, 0.25) is 5.91 Å². The van der Waals surface area contributed by atoms with E-state index in [1.165, 1.54) is 128 Å². The van der Waals surface area contributed by atoms with Gasteiger partial charge in [0.25, 0.3) is 7.82 Å². The lowest BCUT2D eigenvalue weighted by Crippen LogP contribution is -2.46. The Morgan fingerprint density at radius 1 is 0.625 bits per heavy atom. The Morgan fingerprint density at radius 2 is 1.04 bits per heavy atom. The molecule has 0 aliphatic heterocycles. The Balaban J connectivity index is 4.16. The van der Waals surface area contributed by atoms with Crippen molar-refractivity contribution in [3.05, 3.63) is 36.5 Å². The van der Waals surface area contributed by atoms with E-state index in [4.69, 9.17) is 9.05 Å². The summed E-state index contributed by atoms with van der Waals surface area (Å²) in [6, 6.07) is -0.800. The molecule has 0 saturated heterocycles. The first kappa shape index (κ1) is 54.7. The van der Waals surface area contributed by atoms with Crippen molar-refractivity contribution >= 4 is 13.7 Å². The smallest absolute Gasteiger partial charge is 0.268 e. The van der Waals surface area contributed by atoms with Gasteiger partial charge in [-0.25, -0.2) is 0 Å². The van der Waals surface area contributed by atoms with Gasteiger partial charge in [-0.15, -0.1) is 0 Å². The number of aliphatic hydroxyl groups excluding tert-OH is 1. The quantitative estimate of drug-likeness (QED) is 0.0275. The van der Waals surface area contributed by atoms with Gasteiger partial charge in [-0.2, -0.15) is 0 Å². The third-order valence-electron chi connectivity index (χ3n) is 10.4. The van der Waals surface area contributed by atoms with Gasteiger partial charge < -0.3 is 28.8 Å². The van der Waals surface area contributed by atoms with Crippen LogP contribution in [-0.2, 0) is 18.4 Å². The Hall–Kier alpha value is -1.28. The molecule has 0 aliphatic rings. The number of rotatable bonds is 42. The van der Waals surface area contributed by atoms with Crippen LogP contribution in [0.1, 0.15) is 206 Å². The first-order chi connectivity index (χ1) is 27.0. The molecule has 330 valence electrons. The molecule has 2 N–H and O–H groups in total. The molecule has 0 fully saturated rings. The number of unbranched alkanes of at least 4 members (excludes halogenated alkanes) is 23. The molecule has 0 aromatic carbocycles. The van der Waals surface area contributed by atoms with Crippen molar-refractivity contribution in [1.29, 1.82) is 0 Å². The molecule has 0 saturated carbocycles. The summed E-state index contributed by atoms with van der Waals surface area (Å²) >= 11 is 0. The number of allylic oxidation sites excluding steroid dienone is 6. The van der Waals surface area contributed by atoms with Gasteiger partial charge in [-0.1, -0.05) is 185 Å². The number of phosphoric acid groups is 1. The third-order valence-corrected chi connectivity index (χ3v) is 11.3. The van der Waals surface area contributed by atoms with Gasteiger partial charge >= 0.3 is 0 Å². The zero-order valence-corrected chi connectivity index (χ0v) is 38.2. The van der Waals surface area contributed by atoms with Gasteiger partial charge in [0.05, 0.1) is 39.9 Å². The number of nitrogens with one attached hydrogen (secondary N) is 1. The largest absolute Gasteiger partial charge is 0.756 e. The Bertz CT molecular complexity index is 1010. The number of likely N-dealkylation sites (N-methyl/N-ethyl adjacent to an activating group) is 1. The normalized spacial score (nSPS) is 14.6. The van der Waals surface area contributed by atoms with Crippen molar-refractivity contribution < 1.29 is 32.9 Å². The lowest BCUT2D eigenvalue weighted by Gasteiger charge is -2.30. The fourth-order valence-corrected chi connectivity index (χ4v) is 7.36. The van der Waals surface area contributed by atoms with Crippen LogP contribution in [-0.4, -0.2) is 68.5 Å². The van der Waals surface area contributed by atoms with Crippen LogP contribution in [0.4, 0.5) is 0 Å². The summed E-state index contributed by atoms with van der Waals surface area (Å²) in [6.45, 7) is 4.67. The van der Waals surface area contributed by atoms with Crippen LogP contribution in [0.2, 0.25) is 0 Å². The van der Waals surface area contributed by atoms with Crippen molar-refractivity contribution in [2.45, 2.75) is 219 Å². The number of hydrogen-bond donors (Lipinski definition) is 2. The molecule has 9 heteroatoms. The SMILES string of the molecule is CCCCCCC/C=C\C/C=C\C/C=C\CCCCCCCCCCCCC(=O)NC(COP(=O)([O-])OCC[N+](C)(C)C)C(O)CCCCCCCCCCC. The maximum Gasteiger partial charge on any atom is 0.268 e. The topological polar surface area (TPSA) is 108 Å². The zero-order valence-electron chi connectivity index (χ0n) is 37.3. The number of carbonyl (C=O) groups is 1. The van der Waals surface area contributed by atoms with Crippen LogP contribution in [0.15, 0.2) is 36.5 Å². The average Bonchev–Trinajstić information content (AvgIpc) is 3.15. The molecule has 0 radical (unpaired) electrons. The fraction of sp³-hybridized carbons (Fsp3) is 0.851. The minimum atomic E-state index is -4.56. The Morgan fingerprint density at radius 3 is 1.50 bits per heavy atom. The van der Waals surface area contributed by atoms with Crippen LogP contribution in [0.25, 0.3) is 0 Å². The molecule has 56 heavy (non-hydrogen) atoms. The monoisotopic (exact) mass is 811 g/mol. The average molecular weight is 811 g/mol. The molecule has 0 aliphatic carbocycles. The first-order valence-corrected chi connectivity index (χ1v) is 24.8. The number of hydrogen-bond acceptors (Lipinski definition) is 6. The van der Waals surface area contributed by atoms with E-state index in [0.29, 0.717) is 23.9 Å². The number of quaternary nitrogens is 1. The van der Waals surface area contributed by atoms with Gasteiger partial charge in [0, 0.05) is 6.42 Å². The number of carbonyl (C=O) groups excluding carboxylic acids is 1. The van der Waals surface area contributed by atoms with E-state index in [0.717, 1.165) is 51.4 Å². The van der Waals surface area contributed by atoms with Gasteiger partial charge in [0.15, 0.2) is 0 Å². The second-order valence-corrected chi connectivity index (χ2v) is 18.5. The molecule has 3 unspecified atom stereocenters. The second kappa shape index (κ2) is 39.2. The maximum atomic E-state index is 12.9. The highest BCUT2D eigenvalue weighted by molar-refractivity contribution is 7.45. The summed E-state index contributed by atoms with van der Waals surface area (Å²) in [5, 5.41) is 13.8. The minimum Gasteiger partial charge on any atom is -0.756 e. The predicted octanol–water partition coefficient (Wildman–Crippen LogP) is 12.5. The molecule has 1 amide bonds. The molecule has 0 aromatic heterocycles. The fourth-order valence-electron chi connectivity index (χ4n) is 6.63. The van der Waals surface area contributed by atoms with E-state index < -0.39 is 20.0 Å². The van der Waals surface area contributed by atoms with E-state index in [-0.39, 0.29) is 19.1 Å². The molecule has 0 heterocycles. The highest BCUT2D eigenvalue weighted by Gasteiger charge is 2.24. The van der Waals surface area contributed by atoms with Crippen molar-refractivity contribution in [2.24, 2.45) is 0 Å². The molecule has 0 aromatic rings. The first-order valence-electron chi connectivity index (χ1n) is 23.3. The van der Waals surface area contributed by atoms with Gasteiger partial charge in [-0.3, -0.25) is 9.36 Å². The van der Waals surface area contributed by atoms with E-state index in [9.17, 15) is 19.4 Å². The molecule has 8 nitrogen and oxygen atoms in total. The van der Waals surface area contributed by atoms with Gasteiger partial charge in [-0.05, 0) is 51.4 Å². The summed E-state index contributed by atoms with van der Waals surface area (Å²) in [6.07, 6.45) is 47.3. The van der Waals surface area contributed by atoms with Crippen LogP contribution in [0.3, 0.4) is 0 Å². The van der Waals surface area contributed by atoms with Crippen LogP contribution in [0, 0.1) is 0 Å². The maximum absolute atomic E-state index is 12.9. The Labute approximate surface area is 347 Å². The number of nitrogens with zero attached hydrogens (tertiary/aromatic N) is 1. The highest BCUT2D eigenvalue weighted by atomic mass is 31.2. The van der Waals surface area contributed by atoms with E-state index >= 15 is 0 Å². The summed E-state index contributed by atoms with van der Waals surface area (Å²) in [5.74, 6) is -0.172. The lowest BCUT2D eigenvalue weighted by molar-refractivity contribution is -0.870. The number of phosphoric ester groups is 1. The van der Waals surface area contributed by atoms with Gasteiger partial charge in [0.1, 0.15) is 13.2 Å². The minimum absolute atomic E-state index is 0.0106. The number of amides is 1. The van der Waals surface area contributed by atoms with Crippen molar-refractivity contribution in [1.82, 2.24) is 5.32 Å². The highest BCUT2D eigenvalue weighted by Crippen LogP contribution is 2.38. The standard InChI is InChI=1S/C47H91N2O6P/c1-6-8-10-12-14-16-17-18-19-20-21-22-23-24-25-26-27-28-29-30-31-33-35-37-39-41-47(51)48-45(44-55-56(52,53)54-43-42-49(3,4)5)46(50)40-38-36-34-32-15-13-11-9-7-2/h17-18,20-21,23-24,45-46,50H,6-16,19,22,25-44H2,1-5H3,(H-,48,51,52,53)/b18-17-,21-20-,24-23-. The molecule has 0 spiro atoms. The predicted molar refractivity (Wildman–Crippen MR) is 238 cm³/mol. The third kappa shape index (κ3) is 40.9. The zero-order chi connectivity index (χ0) is 41.4. The summed E-state index contributed by atoms with van der Waals surface area (Å²) in [7, 11) is 1.30. The Kier molecular flexibility index (Phi) is 38.3. The number of aliphatic hydroxyl groups is 1. The van der Waals surface area contributed by atoms with Crippen LogP contribution >= 0.6 is 7.82 Å². The molecular weight excluding hydrogens is 719 g/mol. The van der Waals surface area contributed by atoms with Crippen molar-refractivity contribution in [3.63, 3.8) is 0 Å². The van der Waals surface area contributed by atoms with Crippen LogP contribution in [0.5, 0.6) is 0 Å². The van der Waals surface area contributed by atoms with E-state index in [1.807, 2.05) is 21.1 Å². The van der Waals surface area contributed by atoms with Crippen molar-refractivity contribution in [2.75, 3.05) is 40.9 Å². The second-order valence-electron chi connectivity index (χ2n) is 17.1. The summed E-state index contributed by atoms with van der Waals surface area (Å²) in [4.78, 5) is 25.3. The van der Waals surface area contributed by atoms with Crippen molar-refractivity contribution in [3.8, 4) is 0 Å². The molecule has 0 bridgehead atoms. The van der Waals surface area contributed by atoms with E-state index in [2.05, 4.69) is 55.6 Å².